The second-order valence-corrected chi connectivity index (χ2v) is 10.6. The molecule has 0 spiro atoms. The van der Waals surface area contributed by atoms with E-state index in [1.54, 1.807) is 26.8 Å². The Morgan fingerprint density at radius 1 is 1.10 bits per heavy atom. The van der Waals surface area contributed by atoms with Crippen LogP contribution >= 0.6 is 0 Å². The number of hydrogen-bond acceptors (Lipinski definition) is 8. The first-order chi connectivity index (χ1) is 18.8. The van der Waals surface area contributed by atoms with E-state index in [-0.39, 0.29) is 17.9 Å². The first-order valence-electron chi connectivity index (χ1n) is 12.4. The molecule has 40 heavy (non-hydrogen) atoms. The Morgan fingerprint density at radius 3 is 2.38 bits per heavy atom. The first-order valence-corrected chi connectivity index (χ1v) is 12.4. The highest BCUT2D eigenvalue weighted by Gasteiger charge is 2.51. The zero-order valence-corrected chi connectivity index (χ0v) is 21.8. The number of aliphatic hydroxyl groups is 3. The van der Waals surface area contributed by atoms with Crippen LogP contribution in [0.4, 0.5) is 17.6 Å². The lowest BCUT2D eigenvalue weighted by Crippen LogP contribution is -2.61. The number of rotatable bonds is 8. The number of ether oxygens (including phenoxy) is 2. The molecule has 1 aromatic heterocycles. The Morgan fingerprint density at radius 2 is 1.77 bits per heavy atom. The molecule has 2 aromatic carbocycles. The van der Waals surface area contributed by atoms with E-state index in [0.717, 1.165) is 10.9 Å². The van der Waals surface area contributed by atoms with Crippen molar-refractivity contribution in [2.75, 3.05) is 6.61 Å². The van der Waals surface area contributed by atoms with Crippen molar-refractivity contribution < 1.29 is 47.1 Å². The van der Waals surface area contributed by atoms with Gasteiger partial charge in [0.05, 0.1) is 19.4 Å². The van der Waals surface area contributed by atoms with Gasteiger partial charge in [0.2, 0.25) is 0 Å². The van der Waals surface area contributed by atoms with Crippen LogP contribution in [0.5, 0.6) is 0 Å². The van der Waals surface area contributed by atoms with Gasteiger partial charge in [0.15, 0.2) is 23.2 Å². The summed E-state index contributed by atoms with van der Waals surface area (Å²) in [7, 11) is 0. The molecular weight excluding hydrogens is 538 g/mol. The monoisotopic (exact) mass is 567 g/mol. The highest BCUT2D eigenvalue weighted by atomic mass is 19.2. The molecule has 13 heteroatoms. The SMILES string of the molecule is CC(C)(C)C(=O)[C@@H](OCc1cccc(F)c1)[C@@H]1OC(CO)[C@H](O)[C@H](n2cc(-c3cc(F)c(F)c(F)c3)nn2)C1O. The van der Waals surface area contributed by atoms with Crippen molar-refractivity contribution in [2.45, 2.75) is 63.9 Å². The lowest BCUT2D eigenvalue weighted by atomic mass is 9.81. The Hall–Kier alpha value is -3.23. The fourth-order valence-electron chi connectivity index (χ4n) is 4.51. The number of benzene rings is 2. The molecule has 3 N–H and O–H groups in total. The maximum atomic E-state index is 13.8. The zero-order chi connectivity index (χ0) is 29.4. The molecule has 2 unspecified atom stereocenters. The van der Waals surface area contributed by atoms with Gasteiger partial charge in [-0.1, -0.05) is 38.1 Å². The van der Waals surface area contributed by atoms with Gasteiger partial charge in [-0.2, -0.15) is 0 Å². The predicted octanol–water partition coefficient (Wildman–Crippen LogP) is 2.72. The van der Waals surface area contributed by atoms with Gasteiger partial charge in [-0.05, 0) is 29.8 Å². The third-order valence-corrected chi connectivity index (χ3v) is 6.64. The van der Waals surface area contributed by atoms with Gasteiger partial charge < -0.3 is 24.8 Å². The smallest absolute Gasteiger partial charge is 0.194 e. The molecule has 0 amide bonds. The minimum absolute atomic E-state index is 0.106. The molecular formula is C27H29F4N3O6. The third-order valence-electron chi connectivity index (χ3n) is 6.64. The summed E-state index contributed by atoms with van der Waals surface area (Å²) >= 11 is 0. The number of hydrogen-bond donors (Lipinski definition) is 3. The largest absolute Gasteiger partial charge is 0.394 e. The summed E-state index contributed by atoms with van der Waals surface area (Å²) in [5.41, 5.74) is -0.835. The second-order valence-electron chi connectivity index (χ2n) is 10.6. The Kier molecular flexibility index (Phi) is 8.71. The number of aliphatic hydroxyl groups excluding tert-OH is 3. The molecule has 9 nitrogen and oxygen atoms in total. The molecule has 0 saturated carbocycles. The average molecular weight is 568 g/mol. The van der Waals surface area contributed by atoms with Crippen LogP contribution < -0.4 is 0 Å². The number of nitrogens with zero attached hydrogens (tertiary/aromatic N) is 3. The van der Waals surface area contributed by atoms with Crippen LogP contribution in [0, 0.1) is 28.7 Å². The Bertz CT molecular complexity index is 1340. The molecule has 1 aliphatic rings. The highest BCUT2D eigenvalue weighted by Crippen LogP contribution is 2.35. The van der Waals surface area contributed by atoms with Crippen molar-refractivity contribution in [3.63, 3.8) is 0 Å². The predicted molar refractivity (Wildman–Crippen MR) is 132 cm³/mol. The lowest BCUT2D eigenvalue weighted by Gasteiger charge is -2.45. The standard InChI is InChI=1S/C27H29F4N3O6/c1-27(2,3)26(38)25(39-12-13-5-4-6-15(28)7-13)24-23(37)21(22(36)19(11-35)40-24)34-10-18(32-33-34)14-8-16(29)20(31)17(30)9-14/h4-10,19,21-25,35-37H,11-12H2,1-3H3/t19?,21-,22-,23?,24+,25-/m0/s1. The summed E-state index contributed by atoms with van der Waals surface area (Å²) in [6.07, 6.45) is -6.24. The Balaban J connectivity index is 1.68. The van der Waals surface area contributed by atoms with Gasteiger partial charge in [-0.3, -0.25) is 4.79 Å². The first kappa shape index (κ1) is 29.7. The highest BCUT2D eigenvalue weighted by molar-refractivity contribution is 5.88. The summed E-state index contributed by atoms with van der Waals surface area (Å²) in [6.45, 7) is 3.96. The molecule has 0 aliphatic carbocycles. The van der Waals surface area contributed by atoms with Crippen molar-refractivity contribution in [2.24, 2.45) is 5.41 Å². The van der Waals surface area contributed by atoms with Gasteiger partial charge in [0, 0.05) is 11.0 Å². The van der Waals surface area contributed by atoms with Crippen molar-refractivity contribution in [1.82, 2.24) is 15.0 Å². The van der Waals surface area contributed by atoms with Crippen LogP contribution in [0.15, 0.2) is 42.6 Å². The van der Waals surface area contributed by atoms with E-state index >= 15 is 0 Å². The van der Waals surface area contributed by atoms with Gasteiger partial charge >= 0.3 is 0 Å². The van der Waals surface area contributed by atoms with Gasteiger partial charge in [0.1, 0.15) is 48.1 Å². The molecule has 6 atom stereocenters. The molecule has 0 bridgehead atoms. The number of ketones is 1. The van der Waals surface area contributed by atoms with Crippen LogP contribution in [-0.4, -0.2) is 73.2 Å². The molecule has 1 fully saturated rings. The normalized spacial score (nSPS) is 24.2. The van der Waals surface area contributed by atoms with Crippen molar-refractivity contribution in [3.05, 3.63) is 71.4 Å². The van der Waals surface area contributed by atoms with Crippen molar-refractivity contribution in [3.8, 4) is 11.3 Å². The summed E-state index contributed by atoms with van der Waals surface area (Å²) < 4.78 is 67.3. The maximum absolute atomic E-state index is 13.8. The third kappa shape index (κ3) is 6.08. The fourth-order valence-corrected chi connectivity index (χ4v) is 4.51. The van der Waals surface area contributed by atoms with Crippen LogP contribution in [0.25, 0.3) is 11.3 Å². The summed E-state index contributed by atoms with van der Waals surface area (Å²) in [5, 5.41) is 39.9. The minimum atomic E-state index is -1.67. The van der Waals surface area contributed by atoms with E-state index in [9.17, 15) is 37.7 Å². The minimum Gasteiger partial charge on any atom is -0.394 e. The number of halogens is 4. The maximum Gasteiger partial charge on any atom is 0.194 e. The average Bonchev–Trinajstić information content (AvgIpc) is 3.37. The van der Waals surface area contributed by atoms with E-state index in [4.69, 9.17) is 9.47 Å². The second kappa shape index (κ2) is 11.7. The Labute approximate surface area is 227 Å². The van der Waals surface area contributed by atoms with Crippen molar-refractivity contribution >= 4 is 5.78 Å². The number of carbonyl (C=O) groups is 1. The van der Waals surface area contributed by atoms with Gasteiger partial charge in [-0.25, -0.2) is 22.2 Å². The van der Waals surface area contributed by atoms with E-state index in [0.29, 0.717) is 17.7 Å². The van der Waals surface area contributed by atoms with E-state index in [1.165, 1.54) is 18.2 Å². The van der Waals surface area contributed by atoms with Crippen molar-refractivity contribution in [1.29, 1.82) is 0 Å². The molecule has 2 heterocycles. The molecule has 4 rings (SSSR count). The fraction of sp³-hybridized carbons (Fsp3) is 0.444. The van der Waals surface area contributed by atoms with E-state index in [1.807, 2.05) is 0 Å². The topological polar surface area (TPSA) is 127 Å². The summed E-state index contributed by atoms with van der Waals surface area (Å²) in [4.78, 5) is 13.4. The number of carbonyl (C=O) groups excluding carboxylic acids is 1. The summed E-state index contributed by atoms with van der Waals surface area (Å²) in [5.74, 6) is -5.55. The quantitative estimate of drug-likeness (QED) is 0.280. The van der Waals surface area contributed by atoms with Crippen LogP contribution in [0.1, 0.15) is 32.4 Å². The number of Topliss-reactive ketones (excluding diaryl/α,β-unsaturated/α-hetero) is 1. The van der Waals surface area contributed by atoms with E-state index in [2.05, 4.69) is 10.3 Å². The van der Waals surface area contributed by atoms with Crippen LogP contribution in [-0.2, 0) is 20.9 Å². The molecule has 1 aliphatic heterocycles. The molecule has 1 saturated heterocycles. The summed E-state index contributed by atoms with van der Waals surface area (Å²) in [6, 6.07) is 5.58. The lowest BCUT2D eigenvalue weighted by molar-refractivity contribution is -0.236. The van der Waals surface area contributed by atoms with Gasteiger partial charge in [0.25, 0.3) is 0 Å². The molecule has 216 valence electrons. The molecule has 3 aromatic rings. The zero-order valence-electron chi connectivity index (χ0n) is 21.8. The van der Waals surface area contributed by atoms with Crippen LogP contribution in [0.3, 0.4) is 0 Å². The van der Waals surface area contributed by atoms with Gasteiger partial charge in [-0.15, -0.1) is 5.10 Å². The molecule has 0 radical (unpaired) electrons. The number of aromatic nitrogens is 3. The van der Waals surface area contributed by atoms with Crippen LogP contribution in [0.2, 0.25) is 0 Å². The van der Waals surface area contributed by atoms with E-state index < -0.39 is 77.6 Å².